The van der Waals surface area contributed by atoms with E-state index in [0.717, 1.165) is 6.32 Å². The van der Waals surface area contributed by atoms with Crippen LogP contribution >= 0.6 is 0 Å². The van der Waals surface area contributed by atoms with E-state index in [2.05, 4.69) is 76.4 Å². The molecule has 122 valence electrons. The van der Waals surface area contributed by atoms with Crippen molar-refractivity contribution in [2.75, 3.05) is 0 Å². The van der Waals surface area contributed by atoms with Gasteiger partial charge in [-0.1, -0.05) is 18.2 Å². The Morgan fingerprint density at radius 1 is 1.17 bits per heavy atom. The minimum Gasteiger partial charge on any atom is -0.403 e. The highest BCUT2D eigenvalue weighted by Crippen LogP contribution is 2.40. The maximum Gasteiger partial charge on any atom is 0.458 e. The van der Waals surface area contributed by atoms with Crippen LogP contribution in [-0.4, -0.2) is 22.9 Å². The Morgan fingerprint density at radius 2 is 1.83 bits per heavy atom. The Balaban J connectivity index is 1.82. The maximum atomic E-state index is 6.14. The lowest BCUT2D eigenvalue weighted by Gasteiger charge is -2.32. The second-order valence-electron chi connectivity index (χ2n) is 7.51. The Hall–Kier alpha value is -1.52. The fourth-order valence-corrected chi connectivity index (χ4v) is 3.15. The molecule has 2 heterocycles. The van der Waals surface area contributed by atoms with E-state index >= 15 is 0 Å². The van der Waals surface area contributed by atoms with E-state index in [1.165, 1.54) is 16.5 Å². The van der Waals surface area contributed by atoms with Gasteiger partial charge in [0, 0.05) is 24.7 Å². The summed E-state index contributed by atoms with van der Waals surface area (Å²) in [5.41, 5.74) is 1.92. The molecular weight excluding hydrogens is 285 g/mol. The van der Waals surface area contributed by atoms with Gasteiger partial charge in [0.1, 0.15) is 0 Å². The van der Waals surface area contributed by atoms with Crippen molar-refractivity contribution in [1.29, 1.82) is 0 Å². The molecule has 0 radical (unpaired) electrons. The van der Waals surface area contributed by atoms with E-state index in [0.29, 0.717) is 0 Å². The zero-order valence-electron chi connectivity index (χ0n) is 14.8. The second kappa shape index (κ2) is 5.54. The highest BCUT2D eigenvalue weighted by Gasteiger charge is 2.51. The molecule has 0 amide bonds. The van der Waals surface area contributed by atoms with Gasteiger partial charge in [-0.15, -0.1) is 6.58 Å². The van der Waals surface area contributed by atoms with Crippen molar-refractivity contribution < 1.29 is 9.31 Å². The van der Waals surface area contributed by atoms with E-state index in [1.54, 1.807) is 0 Å². The SMILES string of the molecule is C=C[C@@H](CB1OC(C)(C)C(C)(C)O1)c1ccc2ccn(C)c2c1. The number of rotatable bonds is 4. The summed E-state index contributed by atoms with van der Waals surface area (Å²) in [5.74, 6) is 0.212. The van der Waals surface area contributed by atoms with Gasteiger partial charge >= 0.3 is 7.12 Å². The summed E-state index contributed by atoms with van der Waals surface area (Å²) in [6.07, 6.45) is 4.87. The molecule has 0 unspecified atom stereocenters. The molecule has 4 heteroatoms. The van der Waals surface area contributed by atoms with Crippen LogP contribution in [-0.2, 0) is 16.4 Å². The van der Waals surface area contributed by atoms with Crippen LogP contribution in [0.15, 0.2) is 43.1 Å². The van der Waals surface area contributed by atoms with Crippen molar-refractivity contribution in [3.63, 3.8) is 0 Å². The van der Waals surface area contributed by atoms with Crippen molar-refractivity contribution >= 4 is 18.0 Å². The molecule has 1 atom stereocenters. The Kier molecular flexibility index (Phi) is 3.93. The number of allylic oxidation sites excluding steroid dienone is 1. The molecule has 0 saturated carbocycles. The maximum absolute atomic E-state index is 6.14. The van der Waals surface area contributed by atoms with Crippen molar-refractivity contribution in [3.8, 4) is 0 Å². The molecule has 1 saturated heterocycles. The van der Waals surface area contributed by atoms with E-state index in [9.17, 15) is 0 Å². The zero-order chi connectivity index (χ0) is 16.8. The first-order valence-corrected chi connectivity index (χ1v) is 8.27. The van der Waals surface area contributed by atoms with Crippen LogP contribution in [0, 0.1) is 0 Å². The first-order valence-electron chi connectivity index (χ1n) is 8.27. The standard InChI is InChI=1S/C19H26BNO2/c1-7-14(13-20-22-18(2,3)19(4,5)23-20)16-9-8-15-10-11-21(6)17(15)12-16/h7-12,14H,1,13H2,2-6H3/t14-/m0/s1. The van der Waals surface area contributed by atoms with Crippen LogP contribution in [0.4, 0.5) is 0 Å². The van der Waals surface area contributed by atoms with Crippen LogP contribution < -0.4 is 0 Å². The van der Waals surface area contributed by atoms with Crippen LogP contribution in [0.2, 0.25) is 6.32 Å². The number of hydrogen-bond acceptors (Lipinski definition) is 2. The summed E-state index contributed by atoms with van der Waals surface area (Å²) in [4.78, 5) is 0. The zero-order valence-corrected chi connectivity index (χ0v) is 14.8. The third-order valence-electron chi connectivity index (χ3n) is 5.37. The quantitative estimate of drug-likeness (QED) is 0.611. The molecule has 1 aliphatic rings. The molecule has 1 aromatic heterocycles. The van der Waals surface area contributed by atoms with Gasteiger partial charge in [-0.05, 0) is 57.1 Å². The number of hydrogen-bond donors (Lipinski definition) is 0. The normalized spacial score (nSPS) is 20.8. The predicted molar refractivity (Wildman–Crippen MR) is 96.7 cm³/mol. The van der Waals surface area contributed by atoms with Crippen LogP contribution in [0.5, 0.6) is 0 Å². The summed E-state index contributed by atoms with van der Waals surface area (Å²) in [5, 5.41) is 1.26. The monoisotopic (exact) mass is 311 g/mol. The third-order valence-corrected chi connectivity index (χ3v) is 5.37. The predicted octanol–water partition coefficient (Wildman–Crippen LogP) is 4.54. The van der Waals surface area contributed by atoms with Crippen molar-refractivity contribution in [2.45, 2.75) is 51.1 Å². The molecule has 1 aromatic carbocycles. The van der Waals surface area contributed by atoms with Crippen LogP contribution in [0.1, 0.15) is 39.2 Å². The molecule has 0 aliphatic carbocycles. The largest absolute Gasteiger partial charge is 0.458 e. The van der Waals surface area contributed by atoms with Gasteiger partial charge in [-0.2, -0.15) is 0 Å². The van der Waals surface area contributed by atoms with Crippen molar-refractivity contribution in [2.24, 2.45) is 7.05 Å². The van der Waals surface area contributed by atoms with Crippen molar-refractivity contribution in [1.82, 2.24) is 4.57 Å². The molecule has 3 nitrogen and oxygen atoms in total. The third kappa shape index (κ3) is 2.86. The lowest BCUT2D eigenvalue weighted by Crippen LogP contribution is -2.41. The first kappa shape index (κ1) is 16.3. The summed E-state index contributed by atoms with van der Waals surface area (Å²) < 4.78 is 14.4. The second-order valence-corrected chi connectivity index (χ2v) is 7.51. The fourth-order valence-electron chi connectivity index (χ4n) is 3.15. The summed E-state index contributed by atoms with van der Waals surface area (Å²) >= 11 is 0. The van der Waals surface area contributed by atoms with Gasteiger partial charge in [0.25, 0.3) is 0 Å². The van der Waals surface area contributed by atoms with Crippen LogP contribution in [0.25, 0.3) is 10.9 Å². The van der Waals surface area contributed by atoms with Crippen molar-refractivity contribution in [3.05, 3.63) is 48.7 Å². The number of fused-ring (bicyclic) bond motifs is 1. The molecule has 23 heavy (non-hydrogen) atoms. The van der Waals surface area contributed by atoms with Gasteiger partial charge in [0.2, 0.25) is 0 Å². The summed E-state index contributed by atoms with van der Waals surface area (Å²) in [7, 11) is 1.87. The molecular formula is C19H26BNO2. The molecule has 2 aromatic rings. The number of aromatic nitrogens is 1. The Bertz CT molecular complexity index is 716. The van der Waals surface area contributed by atoms with E-state index in [-0.39, 0.29) is 24.2 Å². The lowest BCUT2D eigenvalue weighted by molar-refractivity contribution is 0.00578. The Labute approximate surface area is 139 Å². The molecule has 0 N–H and O–H groups in total. The van der Waals surface area contributed by atoms with Gasteiger partial charge in [0.15, 0.2) is 0 Å². The highest BCUT2D eigenvalue weighted by atomic mass is 16.7. The van der Waals surface area contributed by atoms with Gasteiger partial charge in [-0.25, -0.2) is 0 Å². The minimum absolute atomic E-state index is 0.202. The van der Waals surface area contributed by atoms with E-state index in [1.807, 2.05) is 6.08 Å². The fraction of sp³-hybridized carbons (Fsp3) is 0.474. The number of aryl methyl sites for hydroxylation is 1. The Morgan fingerprint density at radius 3 is 2.43 bits per heavy atom. The summed E-state index contributed by atoms with van der Waals surface area (Å²) in [6, 6.07) is 8.73. The average Bonchev–Trinajstić information content (AvgIpc) is 2.93. The van der Waals surface area contributed by atoms with E-state index < -0.39 is 0 Å². The van der Waals surface area contributed by atoms with Gasteiger partial charge in [-0.3, -0.25) is 0 Å². The van der Waals surface area contributed by atoms with Gasteiger partial charge < -0.3 is 13.9 Å². The molecule has 0 spiro atoms. The molecule has 3 rings (SSSR count). The minimum atomic E-state index is -0.286. The summed E-state index contributed by atoms with van der Waals surface area (Å²) in [6.45, 7) is 12.4. The first-order chi connectivity index (χ1) is 10.7. The molecule has 1 aliphatic heterocycles. The van der Waals surface area contributed by atoms with Crippen LogP contribution in [0.3, 0.4) is 0 Å². The highest BCUT2D eigenvalue weighted by molar-refractivity contribution is 6.45. The average molecular weight is 311 g/mol. The smallest absolute Gasteiger partial charge is 0.403 e. The molecule has 0 bridgehead atoms. The topological polar surface area (TPSA) is 23.4 Å². The lowest BCUT2D eigenvalue weighted by atomic mass is 9.75. The van der Waals surface area contributed by atoms with E-state index in [4.69, 9.17) is 9.31 Å². The number of benzene rings is 1. The molecule has 1 fully saturated rings. The van der Waals surface area contributed by atoms with Gasteiger partial charge in [0.05, 0.1) is 11.2 Å². The number of nitrogens with zero attached hydrogens (tertiary/aromatic N) is 1.